The molecule has 0 aliphatic heterocycles. The van der Waals surface area contributed by atoms with E-state index in [2.05, 4.69) is 5.32 Å². The molecule has 21 heavy (non-hydrogen) atoms. The maximum atomic E-state index is 13.5. The smallest absolute Gasteiger partial charge is 0.261 e. The van der Waals surface area contributed by atoms with Gasteiger partial charge in [-0.05, 0) is 57.9 Å². The van der Waals surface area contributed by atoms with E-state index >= 15 is 0 Å². The van der Waals surface area contributed by atoms with E-state index in [9.17, 15) is 9.18 Å². The van der Waals surface area contributed by atoms with Gasteiger partial charge in [0.05, 0.1) is 0 Å². The maximum Gasteiger partial charge on any atom is 0.261 e. The largest absolute Gasteiger partial charge is 0.481 e. The molecule has 0 saturated carbocycles. The lowest BCUT2D eigenvalue weighted by molar-refractivity contribution is -0.129. The second kappa shape index (κ2) is 7.41. The number of halogens is 1. The Balaban J connectivity index is 2.74. The highest BCUT2D eigenvalue weighted by atomic mass is 19.1. The first kappa shape index (κ1) is 17.4. The maximum absolute atomic E-state index is 13.5. The summed E-state index contributed by atoms with van der Waals surface area (Å²) < 4.78 is 19.0. The van der Waals surface area contributed by atoms with E-state index in [4.69, 9.17) is 10.5 Å². The monoisotopic (exact) mass is 296 g/mol. The Hall–Kier alpha value is -1.62. The van der Waals surface area contributed by atoms with Crippen molar-refractivity contribution in [2.75, 3.05) is 6.54 Å². The normalized spacial score (nSPS) is 12.9. The average molecular weight is 296 g/mol. The summed E-state index contributed by atoms with van der Waals surface area (Å²) in [6, 6.07) is 4.41. The van der Waals surface area contributed by atoms with Crippen molar-refractivity contribution in [3.63, 3.8) is 0 Å². The molecule has 0 heterocycles. The van der Waals surface area contributed by atoms with Crippen LogP contribution in [0.15, 0.2) is 18.2 Å². The number of rotatable bonds is 7. The zero-order valence-corrected chi connectivity index (χ0v) is 13.2. The summed E-state index contributed by atoms with van der Waals surface area (Å²) in [4.78, 5) is 12.1. The molecule has 0 spiro atoms. The Morgan fingerprint density at radius 1 is 1.43 bits per heavy atom. The van der Waals surface area contributed by atoms with Gasteiger partial charge in [0.15, 0.2) is 6.10 Å². The summed E-state index contributed by atoms with van der Waals surface area (Å²) >= 11 is 0. The number of nitrogens with one attached hydrogen (secondary N) is 1. The number of nitrogens with two attached hydrogens (primary N) is 1. The molecule has 4 nitrogen and oxygen atoms in total. The van der Waals surface area contributed by atoms with Gasteiger partial charge in [-0.3, -0.25) is 4.79 Å². The summed E-state index contributed by atoms with van der Waals surface area (Å²) in [6.07, 6.45) is 0.687. The number of hydrogen-bond donors (Lipinski definition) is 2. The van der Waals surface area contributed by atoms with E-state index in [1.54, 1.807) is 13.0 Å². The third-order valence-electron chi connectivity index (χ3n) is 3.39. The first-order chi connectivity index (χ1) is 9.77. The number of carbonyl (C=O) groups excluding carboxylic acids is 1. The predicted molar refractivity (Wildman–Crippen MR) is 81.8 cm³/mol. The Bertz CT molecular complexity index is 489. The summed E-state index contributed by atoms with van der Waals surface area (Å²) in [7, 11) is 0. The van der Waals surface area contributed by atoms with Crippen molar-refractivity contribution in [2.45, 2.75) is 52.2 Å². The molecule has 0 saturated heterocycles. The van der Waals surface area contributed by atoms with Crippen molar-refractivity contribution in [2.24, 2.45) is 5.73 Å². The molecule has 0 bridgehead atoms. The highest BCUT2D eigenvalue weighted by Gasteiger charge is 2.23. The minimum atomic E-state index is -0.691. The fraction of sp³-hybridized carbons (Fsp3) is 0.562. The number of ether oxygens (including phenoxy) is 1. The topological polar surface area (TPSA) is 64.3 Å². The van der Waals surface area contributed by atoms with E-state index in [-0.39, 0.29) is 11.4 Å². The second-order valence-corrected chi connectivity index (χ2v) is 5.82. The quantitative estimate of drug-likeness (QED) is 0.812. The summed E-state index contributed by atoms with van der Waals surface area (Å²) in [5.74, 6) is -0.265. The molecule has 1 aromatic rings. The van der Waals surface area contributed by atoms with Crippen molar-refractivity contribution < 1.29 is 13.9 Å². The van der Waals surface area contributed by atoms with Gasteiger partial charge < -0.3 is 15.8 Å². The lowest BCUT2D eigenvalue weighted by atomic mass is 10.0. The SMILES string of the molecule is CCC(C)(C)NC(=O)C(C)Oc1cc(F)cc(CCN)c1. The van der Waals surface area contributed by atoms with Gasteiger partial charge in [-0.15, -0.1) is 0 Å². The van der Waals surface area contributed by atoms with E-state index in [1.807, 2.05) is 20.8 Å². The summed E-state index contributed by atoms with van der Waals surface area (Å²) in [5.41, 5.74) is 5.94. The number of benzene rings is 1. The van der Waals surface area contributed by atoms with E-state index in [0.29, 0.717) is 18.7 Å². The van der Waals surface area contributed by atoms with Crippen LogP contribution in [-0.4, -0.2) is 24.1 Å². The van der Waals surface area contributed by atoms with Crippen LogP contribution in [0.4, 0.5) is 4.39 Å². The fourth-order valence-corrected chi connectivity index (χ4v) is 1.78. The molecular weight excluding hydrogens is 271 g/mol. The van der Waals surface area contributed by atoms with Crippen molar-refractivity contribution in [3.05, 3.63) is 29.6 Å². The van der Waals surface area contributed by atoms with Crippen LogP contribution in [0.3, 0.4) is 0 Å². The van der Waals surface area contributed by atoms with Crippen molar-refractivity contribution in [1.29, 1.82) is 0 Å². The Morgan fingerprint density at radius 3 is 2.67 bits per heavy atom. The molecule has 3 N–H and O–H groups in total. The first-order valence-electron chi connectivity index (χ1n) is 7.25. The van der Waals surface area contributed by atoms with Gasteiger partial charge in [-0.2, -0.15) is 0 Å². The van der Waals surface area contributed by atoms with Crippen LogP contribution in [0, 0.1) is 5.82 Å². The Morgan fingerprint density at radius 2 is 2.10 bits per heavy atom. The van der Waals surface area contributed by atoms with Crippen molar-refractivity contribution in [1.82, 2.24) is 5.32 Å². The number of amides is 1. The minimum absolute atomic E-state index is 0.216. The van der Waals surface area contributed by atoms with Crippen molar-refractivity contribution in [3.8, 4) is 5.75 Å². The van der Waals surface area contributed by atoms with Gasteiger partial charge in [0.25, 0.3) is 5.91 Å². The predicted octanol–water partition coefficient (Wildman–Crippen LogP) is 2.40. The van der Waals surface area contributed by atoms with E-state index in [1.165, 1.54) is 12.1 Å². The molecule has 1 atom stereocenters. The molecule has 1 aromatic carbocycles. The standard InChI is InChI=1S/C16H25FN2O2/c1-5-16(3,4)19-15(20)11(2)21-14-9-12(6-7-18)8-13(17)10-14/h8-11H,5-7,18H2,1-4H3,(H,19,20). The third-order valence-corrected chi connectivity index (χ3v) is 3.39. The second-order valence-electron chi connectivity index (χ2n) is 5.82. The van der Waals surface area contributed by atoms with Gasteiger partial charge in [0.1, 0.15) is 11.6 Å². The molecule has 0 aliphatic rings. The molecule has 1 unspecified atom stereocenters. The highest BCUT2D eigenvalue weighted by molar-refractivity contribution is 5.81. The molecule has 1 rings (SSSR count). The van der Waals surface area contributed by atoms with Crippen LogP contribution < -0.4 is 15.8 Å². The molecule has 1 amide bonds. The molecule has 0 aromatic heterocycles. The van der Waals surface area contributed by atoms with Gasteiger partial charge in [-0.25, -0.2) is 4.39 Å². The zero-order valence-electron chi connectivity index (χ0n) is 13.2. The van der Waals surface area contributed by atoms with Gasteiger partial charge in [0.2, 0.25) is 0 Å². The summed E-state index contributed by atoms with van der Waals surface area (Å²) in [5, 5.41) is 2.90. The number of hydrogen-bond acceptors (Lipinski definition) is 3. The zero-order chi connectivity index (χ0) is 16.0. The van der Waals surface area contributed by atoms with E-state index < -0.39 is 11.9 Å². The van der Waals surface area contributed by atoms with Crippen LogP contribution in [0.2, 0.25) is 0 Å². The van der Waals surface area contributed by atoms with Crippen LogP contribution in [-0.2, 0) is 11.2 Å². The lowest BCUT2D eigenvalue weighted by Gasteiger charge is -2.26. The minimum Gasteiger partial charge on any atom is -0.481 e. The molecule has 0 aliphatic carbocycles. The van der Waals surface area contributed by atoms with Crippen LogP contribution in [0.5, 0.6) is 5.75 Å². The lowest BCUT2D eigenvalue weighted by Crippen LogP contribution is -2.48. The average Bonchev–Trinajstić information content (AvgIpc) is 2.37. The molecule has 0 fully saturated rings. The van der Waals surface area contributed by atoms with Crippen molar-refractivity contribution >= 4 is 5.91 Å². The first-order valence-corrected chi connectivity index (χ1v) is 7.25. The Kier molecular flexibility index (Phi) is 6.15. The van der Waals surface area contributed by atoms with Gasteiger partial charge in [-0.1, -0.05) is 6.92 Å². The van der Waals surface area contributed by atoms with Crippen LogP contribution in [0.25, 0.3) is 0 Å². The third kappa shape index (κ3) is 5.71. The molecular formula is C16H25FN2O2. The molecule has 5 heteroatoms. The molecule has 118 valence electrons. The van der Waals surface area contributed by atoms with Gasteiger partial charge >= 0.3 is 0 Å². The number of carbonyl (C=O) groups is 1. The molecule has 0 radical (unpaired) electrons. The van der Waals surface area contributed by atoms with Crippen LogP contribution >= 0.6 is 0 Å². The van der Waals surface area contributed by atoms with Gasteiger partial charge in [0, 0.05) is 11.6 Å². The van der Waals surface area contributed by atoms with Crippen LogP contribution in [0.1, 0.15) is 39.7 Å². The highest BCUT2D eigenvalue weighted by Crippen LogP contribution is 2.18. The van der Waals surface area contributed by atoms with E-state index in [0.717, 1.165) is 12.0 Å². The Labute approximate surface area is 125 Å². The summed E-state index contributed by atoms with van der Waals surface area (Å²) in [6.45, 7) is 7.97. The fourth-order valence-electron chi connectivity index (χ4n) is 1.78.